The minimum Gasteiger partial charge on any atom is -0.434 e. The predicted molar refractivity (Wildman–Crippen MR) is 123 cm³/mol. The Morgan fingerprint density at radius 1 is 1.09 bits per heavy atom. The van der Waals surface area contributed by atoms with Gasteiger partial charge >= 0.3 is 6.61 Å². The van der Waals surface area contributed by atoms with Gasteiger partial charge < -0.3 is 10.1 Å². The van der Waals surface area contributed by atoms with Gasteiger partial charge in [0.1, 0.15) is 5.75 Å². The van der Waals surface area contributed by atoms with Crippen LogP contribution in [0.1, 0.15) is 49.0 Å². The highest BCUT2D eigenvalue weighted by Gasteiger charge is 2.43. The molecular formula is C24H30F2N2O4S. The summed E-state index contributed by atoms with van der Waals surface area (Å²) in [6, 6.07) is 15.2. The molecular weight excluding hydrogens is 450 g/mol. The number of para-hydroxylation sites is 1. The van der Waals surface area contributed by atoms with E-state index in [0.29, 0.717) is 32.4 Å². The van der Waals surface area contributed by atoms with Crippen molar-refractivity contribution in [3.8, 4) is 5.75 Å². The Hall–Kier alpha value is -2.52. The second kappa shape index (κ2) is 10.6. The minimum absolute atomic E-state index is 0.0239. The third-order valence-corrected chi connectivity index (χ3v) is 8.42. The maximum absolute atomic E-state index is 13.0. The number of hydrogen-bond acceptors (Lipinski definition) is 4. The van der Waals surface area contributed by atoms with Crippen molar-refractivity contribution in [1.82, 2.24) is 9.62 Å². The molecule has 2 aromatic carbocycles. The first-order valence-corrected chi connectivity index (χ1v) is 12.7. The Labute approximate surface area is 194 Å². The van der Waals surface area contributed by atoms with Crippen molar-refractivity contribution in [2.75, 3.05) is 18.8 Å². The summed E-state index contributed by atoms with van der Waals surface area (Å²) in [6.07, 6.45) is 1.60. The first-order chi connectivity index (χ1) is 15.7. The summed E-state index contributed by atoms with van der Waals surface area (Å²) >= 11 is 0. The molecule has 1 heterocycles. The lowest BCUT2D eigenvalue weighted by Crippen LogP contribution is -2.55. The molecule has 9 heteroatoms. The summed E-state index contributed by atoms with van der Waals surface area (Å²) in [6.45, 7) is 1.37. The molecule has 6 nitrogen and oxygen atoms in total. The van der Waals surface area contributed by atoms with Gasteiger partial charge in [-0.05, 0) is 43.9 Å². The Morgan fingerprint density at radius 3 is 2.30 bits per heavy atom. The molecule has 0 spiro atoms. The van der Waals surface area contributed by atoms with E-state index >= 15 is 0 Å². The number of amides is 1. The maximum Gasteiger partial charge on any atom is 0.387 e. The molecule has 0 radical (unpaired) electrons. The molecule has 0 aliphatic carbocycles. The quantitative estimate of drug-likeness (QED) is 0.584. The highest BCUT2D eigenvalue weighted by Crippen LogP contribution is 2.39. The lowest BCUT2D eigenvalue weighted by molar-refractivity contribution is -0.0501. The lowest BCUT2D eigenvalue weighted by atomic mass is 9.68. The van der Waals surface area contributed by atoms with E-state index in [1.165, 1.54) is 22.5 Å². The maximum atomic E-state index is 13.0. The van der Waals surface area contributed by atoms with Crippen LogP contribution in [0.2, 0.25) is 0 Å². The van der Waals surface area contributed by atoms with Crippen LogP contribution >= 0.6 is 0 Å². The number of sulfonamides is 1. The van der Waals surface area contributed by atoms with Crippen LogP contribution in [0.25, 0.3) is 0 Å². The summed E-state index contributed by atoms with van der Waals surface area (Å²) in [7, 11) is -3.32. The fourth-order valence-corrected chi connectivity index (χ4v) is 6.07. The fourth-order valence-electron chi connectivity index (χ4n) is 4.56. The second-order valence-corrected chi connectivity index (χ2v) is 10.4. The molecule has 1 amide bonds. The highest BCUT2D eigenvalue weighted by molar-refractivity contribution is 7.89. The fraction of sp³-hybridized carbons (Fsp3) is 0.458. The van der Waals surface area contributed by atoms with Crippen LogP contribution in [-0.2, 0) is 15.4 Å². The average Bonchev–Trinajstić information content (AvgIpc) is 2.79. The summed E-state index contributed by atoms with van der Waals surface area (Å²) in [5.41, 5.74) is 0.520. The van der Waals surface area contributed by atoms with E-state index < -0.39 is 28.0 Å². The number of halogens is 2. The molecule has 1 atom stereocenters. The monoisotopic (exact) mass is 480 g/mol. The number of nitrogens with one attached hydrogen (secondary N) is 1. The summed E-state index contributed by atoms with van der Waals surface area (Å²) in [5, 5.41) is 2.97. The molecule has 2 aromatic rings. The third kappa shape index (κ3) is 5.70. The molecule has 1 aliphatic rings. The molecule has 1 N–H and O–H groups in total. The zero-order valence-electron chi connectivity index (χ0n) is 18.8. The molecule has 180 valence electrons. The smallest absolute Gasteiger partial charge is 0.387 e. The topological polar surface area (TPSA) is 75.7 Å². The van der Waals surface area contributed by atoms with E-state index in [4.69, 9.17) is 0 Å². The normalized spacial score (nSPS) is 17.5. The molecule has 1 saturated heterocycles. The number of piperidine rings is 1. The summed E-state index contributed by atoms with van der Waals surface area (Å²) in [4.78, 5) is 13.0. The molecule has 1 aliphatic heterocycles. The van der Waals surface area contributed by atoms with Gasteiger partial charge in [-0.1, -0.05) is 49.4 Å². The van der Waals surface area contributed by atoms with Crippen LogP contribution in [-0.4, -0.2) is 50.1 Å². The number of carbonyl (C=O) groups is 1. The van der Waals surface area contributed by atoms with Crippen LogP contribution in [0.4, 0.5) is 8.78 Å². The van der Waals surface area contributed by atoms with Crippen molar-refractivity contribution in [3.05, 3.63) is 65.7 Å². The van der Waals surface area contributed by atoms with E-state index in [2.05, 4.69) is 10.1 Å². The molecule has 33 heavy (non-hydrogen) atoms. The molecule has 0 saturated carbocycles. The first kappa shape index (κ1) is 25.1. The second-order valence-electron chi connectivity index (χ2n) is 8.31. The molecule has 1 unspecified atom stereocenters. The van der Waals surface area contributed by atoms with Crippen molar-refractivity contribution in [2.45, 2.75) is 51.2 Å². The Bertz CT molecular complexity index is 1040. The van der Waals surface area contributed by atoms with Gasteiger partial charge in [0.25, 0.3) is 5.91 Å². The van der Waals surface area contributed by atoms with Gasteiger partial charge in [0.15, 0.2) is 0 Å². The van der Waals surface area contributed by atoms with E-state index in [1.54, 1.807) is 6.07 Å². The number of alkyl halides is 2. The van der Waals surface area contributed by atoms with Crippen molar-refractivity contribution in [2.24, 2.45) is 0 Å². The van der Waals surface area contributed by atoms with Crippen LogP contribution in [0.5, 0.6) is 5.75 Å². The van der Waals surface area contributed by atoms with E-state index in [9.17, 15) is 22.0 Å². The van der Waals surface area contributed by atoms with Crippen LogP contribution in [0, 0.1) is 0 Å². The van der Waals surface area contributed by atoms with Crippen molar-refractivity contribution in [3.63, 3.8) is 0 Å². The summed E-state index contributed by atoms with van der Waals surface area (Å²) < 4.78 is 56.7. The van der Waals surface area contributed by atoms with E-state index in [0.717, 1.165) is 5.56 Å². The number of ether oxygens (including phenoxy) is 1. The van der Waals surface area contributed by atoms with Crippen molar-refractivity contribution in [1.29, 1.82) is 0 Å². The average molecular weight is 481 g/mol. The van der Waals surface area contributed by atoms with E-state index in [1.807, 2.05) is 44.2 Å². The number of rotatable bonds is 9. The third-order valence-electron chi connectivity index (χ3n) is 6.34. The van der Waals surface area contributed by atoms with Crippen molar-refractivity contribution >= 4 is 15.9 Å². The number of hydrogen-bond donors (Lipinski definition) is 1. The molecule has 0 bridgehead atoms. The zero-order valence-corrected chi connectivity index (χ0v) is 19.7. The van der Waals surface area contributed by atoms with Gasteiger partial charge in [-0.3, -0.25) is 4.79 Å². The standard InChI is InChI=1S/C24H30F2N2O4S/c1-3-17-33(30,31)28-15-13-24(14-16-28,19-9-5-4-6-10-19)18(2)27-22(29)20-11-7-8-12-21(20)32-23(25)26/h4-12,18,23H,3,13-17H2,1-2H3,(H,27,29). The Balaban J connectivity index is 1.86. The van der Waals surface area contributed by atoms with Crippen LogP contribution in [0.15, 0.2) is 54.6 Å². The van der Waals surface area contributed by atoms with Crippen LogP contribution < -0.4 is 10.1 Å². The SMILES string of the molecule is CCCS(=O)(=O)N1CCC(c2ccccc2)(C(C)NC(=O)c2ccccc2OC(F)F)CC1. The zero-order chi connectivity index (χ0) is 24.1. The molecule has 0 aromatic heterocycles. The Morgan fingerprint density at radius 2 is 1.70 bits per heavy atom. The number of nitrogens with zero attached hydrogens (tertiary/aromatic N) is 1. The highest BCUT2D eigenvalue weighted by atomic mass is 32.2. The number of benzene rings is 2. The molecule has 3 rings (SSSR count). The largest absolute Gasteiger partial charge is 0.434 e. The van der Waals surface area contributed by atoms with Gasteiger partial charge in [0, 0.05) is 24.5 Å². The van der Waals surface area contributed by atoms with Crippen molar-refractivity contribution < 1.29 is 26.7 Å². The minimum atomic E-state index is -3.32. The van der Waals surface area contributed by atoms with E-state index in [-0.39, 0.29) is 23.1 Å². The summed E-state index contributed by atoms with van der Waals surface area (Å²) in [5.74, 6) is -0.597. The molecule has 1 fully saturated rings. The van der Waals surface area contributed by atoms with Gasteiger partial charge in [-0.15, -0.1) is 0 Å². The van der Waals surface area contributed by atoms with Gasteiger partial charge in [-0.25, -0.2) is 12.7 Å². The Kier molecular flexibility index (Phi) is 8.07. The predicted octanol–water partition coefficient (Wildman–Crippen LogP) is 4.18. The number of carbonyl (C=O) groups excluding carboxylic acids is 1. The van der Waals surface area contributed by atoms with Gasteiger partial charge in [0.05, 0.1) is 11.3 Å². The first-order valence-electron chi connectivity index (χ1n) is 11.1. The van der Waals surface area contributed by atoms with Gasteiger partial charge in [-0.2, -0.15) is 8.78 Å². The van der Waals surface area contributed by atoms with Gasteiger partial charge in [0.2, 0.25) is 10.0 Å². The lowest BCUT2D eigenvalue weighted by Gasteiger charge is -2.45. The van der Waals surface area contributed by atoms with Crippen LogP contribution in [0.3, 0.4) is 0 Å².